The predicted molar refractivity (Wildman–Crippen MR) is 150 cm³/mol. The van der Waals surface area contributed by atoms with E-state index in [0.717, 1.165) is 0 Å². The average Bonchev–Trinajstić information content (AvgIpc) is 2.85. The summed E-state index contributed by atoms with van der Waals surface area (Å²) in [6.45, 7) is 8.38. The Labute approximate surface area is 238 Å². The van der Waals surface area contributed by atoms with Crippen LogP contribution in [0.1, 0.15) is 58.6 Å². The molecule has 0 saturated carbocycles. The topological polar surface area (TPSA) is 169 Å². The van der Waals surface area contributed by atoms with Gasteiger partial charge in [0.15, 0.2) is 0 Å². The minimum Gasteiger partial charge on any atom is -0.472 e. The molecule has 0 aliphatic rings. The number of amides is 3. The van der Waals surface area contributed by atoms with Crippen molar-refractivity contribution in [2.45, 2.75) is 77.4 Å². The molecule has 0 bridgehead atoms. The normalized spacial score (nSPS) is 14.5. The number of primary amides is 2. The van der Waals surface area contributed by atoms with Gasteiger partial charge in [0.05, 0.1) is 0 Å². The summed E-state index contributed by atoms with van der Waals surface area (Å²) >= 11 is 12.3. The van der Waals surface area contributed by atoms with Crippen molar-refractivity contribution in [3.63, 3.8) is 0 Å². The lowest BCUT2D eigenvalue weighted by atomic mass is 9.76. The minimum atomic E-state index is -2.09. The summed E-state index contributed by atoms with van der Waals surface area (Å²) in [5.41, 5.74) is 13.7. The molecule has 2 aromatic carbocycles. The number of halogens is 2. The summed E-state index contributed by atoms with van der Waals surface area (Å²) in [6, 6.07) is 9.22. The van der Waals surface area contributed by atoms with Gasteiger partial charge in [-0.1, -0.05) is 37.0 Å². The third kappa shape index (κ3) is 7.26. The molecule has 10 nitrogen and oxygen atoms in total. The van der Waals surface area contributed by atoms with Crippen LogP contribution in [0.4, 0.5) is 4.79 Å². The van der Waals surface area contributed by atoms with Crippen molar-refractivity contribution in [1.29, 1.82) is 0 Å². The molecular formula is C27H36Cl2N4O6. The lowest BCUT2D eigenvalue weighted by molar-refractivity contribution is -0.172. The summed E-state index contributed by atoms with van der Waals surface area (Å²) in [5, 5.41) is 3.37. The molecule has 0 fully saturated rings. The van der Waals surface area contributed by atoms with Gasteiger partial charge in [-0.2, -0.15) is 0 Å². The second-order valence-electron chi connectivity index (χ2n) is 9.86. The molecule has 7 N–H and O–H groups in total. The fourth-order valence-electron chi connectivity index (χ4n) is 4.18. The number of nitrogens with one attached hydrogen (secondary N) is 1. The zero-order valence-corrected chi connectivity index (χ0v) is 24.2. The Bertz CT molecular complexity index is 1220. The third-order valence-corrected chi connectivity index (χ3v) is 6.57. The molecule has 2 aromatic rings. The van der Waals surface area contributed by atoms with Gasteiger partial charge in [-0.25, -0.2) is 4.79 Å². The average molecular weight is 584 g/mol. The Kier molecular flexibility index (Phi) is 10.5. The first-order valence-electron chi connectivity index (χ1n) is 12.4. The number of rotatable bonds is 12. The summed E-state index contributed by atoms with van der Waals surface area (Å²) in [5.74, 6) is -1.66. The maximum absolute atomic E-state index is 13.2. The molecule has 214 valence electrons. The monoisotopic (exact) mass is 582 g/mol. The van der Waals surface area contributed by atoms with E-state index < -0.39 is 34.7 Å². The van der Waals surface area contributed by atoms with Crippen LogP contribution in [0.15, 0.2) is 36.4 Å². The van der Waals surface area contributed by atoms with Gasteiger partial charge >= 0.3 is 6.09 Å². The maximum atomic E-state index is 13.2. The summed E-state index contributed by atoms with van der Waals surface area (Å²) in [4.78, 5) is 38.7. The van der Waals surface area contributed by atoms with E-state index in [1.54, 1.807) is 52.8 Å². The summed E-state index contributed by atoms with van der Waals surface area (Å²) in [6.07, 6.45) is -0.873. The number of hydrogen-bond donors (Lipinski definition) is 4. The van der Waals surface area contributed by atoms with Crippen LogP contribution in [0, 0.1) is 0 Å². The van der Waals surface area contributed by atoms with Gasteiger partial charge in [0.25, 0.3) is 11.8 Å². The van der Waals surface area contributed by atoms with Crippen molar-refractivity contribution in [2.24, 2.45) is 17.2 Å². The molecule has 2 unspecified atom stereocenters. The first-order chi connectivity index (χ1) is 18.1. The number of alkyl carbamates (subject to hydrolysis) is 1. The van der Waals surface area contributed by atoms with Crippen LogP contribution in [0.3, 0.4) is 0 Å². The van der Waals surface area contributed by atoms with E-state index in [1.807, 2.05) is 0 Å². The molecule has 0 heterocycles. The zero-order valence-electron chi connectivity index (χ0n) is 22.7. The number of ether oxygens (including phenoxy) is 3. The lowest BCUT2D eigenvalue weighted by Gasteiger charge is -2.45. The van der Waals surface area contributed by atoms with Crippen LogP contribution < -0.4 is 32.0 Å². The smallest absolute Gasteiger partial charge is 0.407 e. The van der Waals surface area contributed by atoms with Gasteiger partial charge in [-0.15, -0.1) is 0 Å². The molecule has 0 aliphatic carbocycles. The Hall–Kier alpha value is -3.21. The van der Waals surface area contributed by atoms with Gasteiger partial charge in [-0.3, -0.25) is 9.59 Å². The highest BCUT2D eigenvalue weighted by Crippen LogP contribution is 2.40. The second kappa shape index (κ2) is 12.8. The fourth-order valence-corrected chi connectivity index (χ4v) is 4.57. The van der Waals surface area contributed by atoms with Crippen molar-refractivity contribution >= 4 is 41.1 Å². The quantitative estimate of drug-likeness (QED) is 0.290. The number of benzene rings is 2. The Morgan fingerprint density at radius 3 is 1.64 bits per heavy atom. The Morgan fingerprint density at radius 2 is 1.26 bits per heavy atom. The van der Waals surface area contributed by atoms with E-state index in [0.29, 0.717) is 21.2 Å². The molecule has 12 heteroatoms. The molecule has 0 saturated heterocycles. The van der Waals surface area contributed by atoms with Crippen molar-refractivity contribution in [3.8, 4) is 11.5 Å². The Morgan fingerprint density at radius 1 is 0.821 bits per heavy atom. The minimum absolute atomic E-state index is 0.0304. The second-order valence-corrected chi connectivity index (χ2v) is 10.7. The number of nitrogens with two attached hydrogens (primary N) is 3. The van der Waals surface area contributed by atoms with Crippen LogP contribution in [-0.4, -0.2) is 34.7 Å². The molecule has 0 aromatic heterocycles. The summed E-state index contributed by atoms with van der Waals surface area (Å²) < 4.78 is 17.8. The van der Waals surface area contributed by atoms with Gasteiger partial charge in [0.2, 0.25) is 11.2 Å². The van der Waals surface area contributed by atoms with Crippen molar-refractivity contribution < 1.29 is 28.6 Å². The first-order valence-corrected chi connectivity index (χ1v) is 13.1. The maximum Gasteiger partial charge on any atom is 0.407 e. The lowest BCUT2D eigenvalue weighted by Crippen LogP contribution is -2.72. The SMILES string of the molecule is CCC(Oc1ccc(Cl)cc1CN)(C(N)=O)C(CC)(Oc1ccc(Cl)cc1CNC(=O)OC(C)(C)C)C(N)=O. The van der Waals surface area contributed by atoms with Crippen LogP contribution in [0.5, 0.6) is 11.5 Å². The molecule has 39 heavy (non-hydrogen) atoms. The standard InChI is InChI=1S/C27H36Cl2N4O6/c1-6-26(22(31)34,37-20-10-8-18(28)12-16(20)14-30)27(7-2,23(32)35)38-21-11-9-19(29)13-17(21)15-33-24(36)39-25(3,4)5/h8-13H,6-7,14-15,30H2,1-5H3,(H2,31,34)(H2,32,35)(H,33,36). The van der Waals surface area contributed by atoms with E-state index in [2.05, 4.69) is 5.32 Å². The van der Waals surface area contributed by atoms with E-state index in [9.17, 15) is 14.4 Å². The number of hydrogen-bond acceptors (Lipinski definition) is 7. The molecule has 2 atom stereocenters. The first kappa shape index (κ1) is 32.0. The van der Waals surface area contributed by atoms with Gasteiger partial charge < -0.3 is 36.7 Å². The van der Waals surface area contributed by atoms with Crippen LogP contribution in [-0.2, 0) is 27.4 Å². The summed E-state index contributed by atoms with van der Waals surface area (Å²) in [7, 11) is 0. The molecule has 0 spiro atoms. The largest absolute Gasteiger partial charge is 0.472 e. The predicted octanol–water partition coefficient (Wildman–Crippen LogP) is 4.20. The third-order valence-electron chi connectivity index (χ3n) is 6.10. The molecule has 0 radical (unpaired) electrons. The molecular weight excluding hydrogens is 547 g/mol. The van der Waals surface area contributed by atoms with Crippen LogP contribution >= 0.6 is 23.2 Å². The van der Waals surface area contributed by atoms with Gasteiger partial charge in [0, 0.05) is 34.3 Å². The van der Waals surface area contributed by atoms with Gasteiger partial charge in [-0.05, 0) is 70.0 Å². The number of carbonyl (C=O) groups excluding carboxylic acids is 3. The molecule has 3 amide bonds. The van der Waals surface area contributed by atoms with E-state index >= 15 is 0 Å². The highest BCUT2D eigenvalue weighted by molar-refractivity contribution is 6.31. The van der Waals surface area contributed by atoms with E-state index in [4.69, 9.17) is 54.6 Å². The van der Waals surface area contributed by atoms with Crippen molar-refractivity contribution in [1.82, 2.24) is 5.32 Å². The van der Waals surface area contributed by atoms with Crippen LogP contribution in [0.25, 0.3) is 0 Å². The van der Waals surface area contributed by atoms with Crippen molar-refractivity contribution in [2.75, 3.05) is 0 Å². The van der Waals surface area contributed by atoms with Crippen molar-refractivity contribution in [3.05, 3.63) is 57.6 Å². The fraction of sp³-hybridized carbons (Fsp3) is 0.444. The Balaban J connectivity index is 2.63. The number of carbonyl (C=O) groups is 3. The van der Waals surface area contributed by atoms with E-state index in [1.165, 1.54) is 18.2 Å². The highest BCUT2D eigenvalue weighted by Gasteiger charge is 2.63. The zero-order chi connectivity index (χ0) is 29.6. The van der Waals surface area contributed by atoms with E-state index in [-0.39, 0.29) is 37.4 Å². The van der Waals surface area contributed by atoms with Gasteiger partial charge in [0.1, 0.15) is 17.1 Å². The highest BCUT2D eigenvalue weighted by atomic mass is 35.5. The molecule has 2 rings (SSSR count). The van der Waals surface area contributed by atoms with Crippen LogP contribution in [0.2, 0.25) is 10.0 Å². The molecule has 0 aliphatic heterocycles.